The standard InChI is InChI=1S/C63H100N3O13P/c1-15-51-63(10,72)57(79-60(70)64-35-27-16-17-28-36-80(47-29-21-18-22-30-47,48-31-23-19-24-32-48)49-33-25-20-26-34-49)45(6)66(13)40-41(2)38-61(8,71)56(78-59-53(67)50(65(11)12)37-42(3)74-59)43(4)54(44(5)58(69)76-51)77-52-39-62(9,73-14)55(68)46(7)75-52/h18-26,29-34,41-46,50-57,59,67-68,71-72,80H,15-17,27-28,35-40H2,1-14H3,(H,64,70)/t41-,42-,43+,44-,45-,46+,50+,51-,52+,53-,54+,55+,56-,57-,59+,61-,62-,63-/m1/s1. The predicted octanol–water partition coefficient (Wildman–Crippen LogP) is 6.92. The van der Waals surface area contributed by atoms with E-state index in [0.29, 0.717) is 19.5 Å². The van der Waals surface area contributed by atoms with Gasteiger partial charge in [0.05, 0.1) is 41.5 Å². The Morgan fingerprint density at radius 1 is 0.800 bits per heavy atom. The number of aliphatic hydroxyl groups excluding tert-OH is 2. The van der Waals surface area contributed by atoms with E-state index in [0.717, 1.165) is 31.8 Å². The quantitative estimate of drug-likeness (QED) is 0.0500. The molecule has 5 N–H and O–H groups in total. The fraction of sp³-hybridized carbons (Fsp3) is 0.683. The number of alkyl carbamates (subject to hydrolysis) is 1. The van der Waals surface area contributed by atoms with Gasteiger partial charge in [0, 0.05) is 32.0 Å². The van der Waals surface area contributed by atoms with Crippen molar-refractivity contribution in [3.8, 4) is 0 Å². The zero-order valence-electron chi connectivity index (χ0n) is 50.5. The van der Waals surface area contributed by atoms with E-state index in [9.17, 15) is 30.0 Å². The van der Waals surface area contributed by atoms with Gasteiger partial charge in [-0.3, -0.25) is 4.79 Å². The van der Waals surface area contributed by atoms with Crippen molar-refractivity contribution in [2.45, 2.75) is 211 Å². The molecule has 0 aromatic heterocycles. The first-order valence-corrected chi connectivity index (χ1v) is 31.7. The zero-order chi connectivity index (χ0) is 58.7. The molecule has 6 rings (SSSR count). The monoisotopic (exact) mass is 1140 g/mol. The van der Waals surface area contributed by atoms with Crippen LogP contribution in [0.5, 0.6) is 0 Å². The van der Waals surface area contributed by atoms with E-state index in [4.69, 9.17) is 33.2 Å². The second-order valence-corrected chi connectivity index (χ2v) is 28.7. The summed E-state index contributed by atoms with van der Waals surface area (Å²) in [5.74, 6) is -2.83. The molecule has 0 aliphatic carbocycles. The van der Waals surface area contributed by atoms with E-state index in [1.54, 1.807) is 41.5 Å². The van der Waals surface area contributed by atoms with Crippen LogP contribution in [0.1, 0.15) is 121 Å². The van der Waals surface area contributed by atoms with Crippen LogP contribution in [-0.4, -0.2) is 180 Å². The van der Waals surface area contributed by atoms with Crippen LogP contribution in [0, 0.1) is 17.8 Å². The first-order chi connectivity index (χ1) is 37.8. The topological polar surface area (TPSA) is 198 Å². The number of ether oxygens (including phenoxy) is 7. The number of esters is 1. The van der Waals surface area contributed by atoms with Crippen LogP contribution < -0.4 is 21.2 Å². The number of carbonyl (C=O) groups excluding carboxylic acids is 2. The average molecular weight is 1140 g/mol. The van der Waals surface area contributed by atoms with Gasteiger partial charge in [-0.25, -0.2) is 0 Å². The number of hydrogen-bond acceptors (Lipinski definition) is 15. The maximum absolute atomic E-state index is 14.9. The van der Waals surface area contributed by atoms with Crippen molar-refractivity contribution in [2.75, 3.05) is 47.5 Å². The number of cyclic esters (lactones) is 1. The third kappa shape index (κ3) is 15.6. The molecule has 3 aromatic carbocycles. The van der Waals surface area contributed by atoms with Crippen LogP contribution >= 0.6 is 7.26 Å². The van der Waals surface area contributed by atoms with Crippen molar-refractivity contribution in [3.63, 3.8) is 0 Å². The molecule has 3 heterocycles. The Kier molecular flexibility index (Phi) is 23.6. The normalized spacial score (nSPS) is 36.5. The molecular formula is C63H100N3O13P. The van der Waals surface area contributed by atoms with Crippen molar-refractivity contribution < 1.29 is 63.2 Å². The first-order valence-electron chi connectivity index (χ1n) is 29.5. The molecule has 0 radical (unpaired) electrons. The third-order valence-corrected chi connectivity index (χ3v) is 23.0. The van der Waals surface area contributed by atoms with Gasteiger partial charge >= 0.3 is 227 Å². The number of nitrogens with zero attached hydrogens (tertiary/aromatic N) is 2. The van der Waals surface area contributed by atoms with Gasteiger partial charge in [0.1, 0.15) is 12.2 Å². The summed E-state index contributed by atoms with van der Waals surface area (Å²) in [7, 11) is 4.80. The molecule has 3 saturated heterocycles. The van der Waals surface area contributed by atoms with E-state index >= 15 is 0 Å². The van der Waals surface area contributed by atoms with Crippen LogP contribution in [0.3, 0.4) is 0 Å². The number of benzene rings is 3. The summed E-state index contributed by atoms with van der Waals surface area (Å²) < 4.78 is 44.8. The number of likely N-dealkylation sites (N-methyl/N-ethyl adjacent to an activating group) is 2. The number of methoxy groups -OCH3 is 1. The molecule has 0 spiro atoms. The number of rotatable bonds is 18. The van der Waals surface area contributed by atoms with Gasteiger partial charge in [-0.15, -0.1) is 0 Å². The molecule has 1 amide bonds. The molecule has 450 valence electrons. The molecule has 16 nitrogen and oxygen atoms in total. The van der Waals surface area contributed by atoms with Crippen molar-refractivity contribution in [3.05, 3.63) is 91.0 Å². The number of aliphatic hydroxyl groups is 4. The SMILES string of the molecule is CC[C@H]1OC(=O)[C@H](C)[C@@H](O[C@H]2C[C@@](C)(OC)[C@@H](O)[C@H](C)O2)[C@H](C)[C@@H](O[C@@H]2O[C@H](C)C[C@H](N(C)C)[C@H]2O)[C@](C)(O)C[C@@H](C)CN(C)[C@H](C)[C@@H](OC(=O)NCCCCCC[PH](c2ccccc2)(c2ccccc2)c2ccccc2)[C@]1(C)O. The molecular weight excluding hydrogens is 1040 g/mol. The van der Waals surface area contributed by atoms with Crippen molar-refractivity contribution >= 4 is 35.2 Å². The first kappa shape index (κ1) is 65.5. The van der Waals surface area contributed by atoms with Crippen LogP contribution in [-0.2, 0) is 38.0 Å². The van der Waals surface area contributed by atoms with Gasteiger partial charge in [0.25, 0.3) is 0 Å². The van der Waals surface area contributed by atoms with Gasteiger partial charge < -0.3 is 48.6 Å². The average Bonchev–Trinajstić information content (AvgIpc) is 3.43. The minimum atomic E-state index is -2.37. The van der Waals surface area contributed by atoms with Gasteiger partial charge in [-0.2, -0.15) is 0 Å². The Hall–Kier alpha value is -3.61. The van der Waals surface area contributed by atoms with E-state index in [1.165, 1.54) is 23.0 Å². The van der Waals surface area contributed by atoms with Crippen molar-refractivity contribution in [1.82, 2.24) is 15.1 Å². The number of hydrogen-bond donors (Lipinski definition) is 5. The number of unbranched alkanes of at least 4 members (excludes halogenated alkanes) is 3. The zero-order valence-corrected chi connectivity index (χ0v) is 51.5. The Morgan fingerprint density at radius 3 is 1.90 bits per heavy atom. The molecule has 0 unspecified atom stereocenters. The Bertz CT molecular complexity index is 2260. The van der Waals surface area contributed by atoms with E-state index < -0.39 is 109 Å². The summed E-state index contributed by atoms with van der Waals surface area (Å²) in [5, 5.41) is 55.8. The van der Waals surface area contributed by atoms with E-state index in [1.807, 2.05) is 58.6 Å². The Morgan fingerprint density at radius 2 is 1.36 bits per heavy atom. The fourth-order valence-electron chi connectivity index (χ4n) is 13.3. The molecule has 0 saturated carbocycles. The number of nitrogens with one attached hydrogen (secondary N) is 1. The summed E-state index contributed by atoms with van der Waals surface area (Å²) in [5.41, 5.74) is -4.60. The Balaban J connectivity index is 1.23. The van der Waals surface area contributed by atoms with Gasteiger partial charge in [-0.05, 0) is 80.9 Å². The van der Waals surface area contributed by atoms with Crippen LogP contribution in [0.15, 0.2) is 91.0 Å². The summed E-state index contributed by atoms with van der Waals surface area (Å²) in [6, 6.07) is 31.8. The second kappa shape index (κ2) is 28.8. The summed E-state index contributed by atoms with van der Waals surface area (Å²) in [6.45, 7) is 18.6. The van der Waals surface area contributed by atoms with Gasteiger partial charge in [0.15, 0.2) is 12.6 Å². The van der Waals surface area contributed by atoms with Crippen molar-refractivity contribution in [1.29, 1.82) is 0 Å². The molecule has 3 fully saturated rings. The molecule has 3 aliphatic rings. The predicted molar refractivity (Wildman–Crippen MR) is 316 cm³/mol. The van der Waals surface area contributed by atoms with Crippen molar-refractivity contribution in [2.24, 2.45) is 17.8 Å². The summed E-state index contributed by atoms with van der Waals surface area (Å²) >= 11 is 0. The third-order valence-electron chi connectivity index (χ3n) is 17.9. The second-order valence-electron chi connectivity index (χ2n) is 24.6. The minimum absolute atomic E-state index is 0.101. The number of carbonyl (C=O) groups is 2. The van der Waals surface area contributed by atoms with E-state index in [2.05, 4.69) is 96.3 Å². The Labute approximate surface area is 478 Å². The van der Waals surface area contributed by atoms with E-state index in [-0.39, 0.29) is 37.3 Å². The van der Waals surface area contributed by atoms with Crippen LogP contribution in [0.2, 0.25) is 0 Å². The van der Waals surface area contributed by atoms with Crippen LogP contribution in [0.25, 0.3) is 0 Å². The maximum atomic E-state index is 14.9. The van der Waals surface area contributed by atoms with Gasteiger partial charge in [0.2, 0.25) is 0 Å². The van der Waals surface area contributed by atoms with Gasteiger partial charge in [-0.1, -0.05) is 20.8 Å². The summed E-state index contributed by atoms with van der Waals surface area (Å²) in [4.78, 5) is 32.8. The molecule has 3 aromatic rings. The molecule has 0 bridgehead atoms. The molecule has 18 atom stereocenters. The number of amides is 1. The summed E-state index contributed by atoms with van der Waals surface area (Å²) in [6.07, 6.45) is -4.84. The molecule has 17 heteroatoms. The van der Waals surface area contributed by atoms with Crippen LogP contribution in [0.4, 0.5) is 4.79 Å². The fourth-order valence-corrected chi connectivity index (χ4v) is 18.2. The molecule has 80 heavy (non-hydrogen) atoms. The molecule has 3 aliphatic heterocycles.